The van der Waals surface area contributed by atoms with E-state index in [9.17, 15) is 0 Å². The molecule has 0 saturated carbocycles. The number of benzene rings is 1. The van der Waals surface area contributed by atoms with Crippen molar-refractivity contribution in [1.29, 1.82) is 0 Å². The van der Waals surface area contributed by atoms with Crippen molar-refractivity contribution >= 4 is 23.4 Å². The van der Waals surface area contributed by atoms with Crippen molar-refractivity contribution < 1.29 is 0 Å². The molecular formula is C15H17ClN2S. The van der Waals surface area contributed by atoms with E-state index >= 15 is 0 Å². The predicted octanol–water partition coefficient (Wildman–Crippen LogP) is 4.72. The molecule has 4 heteroatoms. The number of halogens is 1. The second-order valence-electron chi connectivity index (χ2n) is 5.38. The van der Waals surface area contributed by atoms with Gasteiger partial charge in [-0.2, -0.15) is 0 Å². The van der Waals surface area contributed by atoms with Gasteiger partial charge in [-0.05, 0) is 5.56 Å². The van der Waals surface area contributed by atoms with Crippen LogP contribution in [-0.2, 0) is 11.2 Å². The minimum atomic E-state index is -0.0903. The molecule has 0 aliphatic rings. The first-order chi connectivity index (χ1) is 8.95. The lowest BCUT2D eigenvalue weighted by Gasteiger charge is -2.17. The Kier molecular flexibility index (Phi) is 4.48. The van der Waals surface area contributed by atoms with Crippen LogP contribution in [-0.4, -0.2) is 9.97 Å². The number of rotatable bonds is 3. The molecule has 1 aromatic heterocycles. The molecule has 0 aliphatic heterocycles. The fraction of sp³-hybridized carbons (Fsp3) is 0.333. The molecule has 0 amide bonds. The summed E-state index contributed by atoms with van der Waals surface area (Å²) in [6.45, 7) is 6.26. The molecule has 1 heterocycles. The normalized spacial score (nSPS) is 11.6. The van der Waals surface area contributed by atoms with Crippen molar-refractivity contribution in [3.63, 3.8) is 0 Å². The van der Waals surface area contributed by atoms with Gasteiger partial charge in [0, 0.05) is 17.2 Å². The number of hydrogen-bond acceptors (Lipinski definition) is 3. The third-order valence-electron chi connectivity index (χ3n) is 2.57. The second-order valence-corrected chi connectivity index (χ2v) is 6.76. The van der Waals surface area contributed by atoms with Crippen LogP contribution in [0.25, 0.3) is 0 Å². The van der Waals surface area contributed by atoms with Crippen LogP contribution < -0.4 is 0 Å². The van der Waals surface area contributed by atoms with Crippen LogP contribution in [0.2, 0.25) is 5.15 Å². The zero-order valence-electron chi connectivity index (χ0n) is 11.4. The molecular weight excluding hydrogens is 276 g/mol. The maximum absolute atomic E-state index is 6.07. The van der Waals surface area contributed by atoms with Gasteiger partial charge in [-0.25, -0.2) is 9.97 Å². The van der Waals surface area contributed by atoms with Crippen molar-refractivity contribution in [3.8, 4) is 0 Å². The smallest absolute Gasteiger partial charge is 0.136 e. The van der Waals surface area contributed by atoms with Crippen LogP contribution in [0, 0.1) is 0 Å². The van der Waals surface area contributed by atoms with Gasteiger partial charge in [0.1, 0.15) is 16.0 Å². The highest BCUT2D eigenvalue weighted by atomic mass is 35.5. The molecule has 0 unspecified atom stereocenters. The van der Waals surface area contributed by atoms with E-state index in [2.05, 4.69) is 42.9 Å². The fourth-order valence-corrected chi connectivity index (χ4v) is 2.64. The highest BCUT2D eigenvalue weighted by Gasteiger charge is 2.18. The molecule has 0 radical (unpaired) electrons. The summed E-state index contributed by atoms with van der Waals surface area (Å²) in [5.41, 5.74) is 1.19. The van der Waals surface area contributed by atoms with Crippen LogP contribution in [0.5, 0.6) is 0 Å². The van der Waals surface area contributed by atoms with Gasteiger partial charge >= 0.3 is 0 Å². The monoisotopic (exact) mass is 292 g/mol. The lowest BCUT2D eigenvalue weighted by Crippen LogP contribution is -2.16. The third kappa shape index (κ3) is 4.22. The third-order valence-corrected chi connectivity index (χ3v) is 3.75. The van der Waals surface area contributed by atoms with Crippen molar-refractivity contribution in [2.75, 3.05) is 0 Å². The van der Waals surface area contributed by atoms with Gasteiger partial charge in [0.25, 0.3) is 0 Å². The number of nitrogens with zero attached hydrogens (tertiary/aromatic N) is 2. The van der Waals surface area contributed by atoms with Gasteiger partial charge in [-0.15, -0.1) is 11.8 Å². The van der Waals surface area contributed by atoms with Gasteiger partial charge in [0.15, 0.2) is 0 Å². The maximum atomic E-state index is 6.07. The molecule has 1 aromatic carbocycles. The zero-order chi connectivity index (χ0) is 13.9. The number of aromatic nitrogens is 2. The van der Waals surface area contributed by atoms with E-state index in [1.54, 1.807) is 11.8 Å². The molecule has 2 rings (SSSR count). The SMILES string of the molecule is CC(C)(C)c1nc(Cl)cc(SCc2ccccc2)n1. The van der Waals surface area contributed by atoms with E-state index < -0.39 is 0 Å². The van der Waals surface area contributed by atoms with E-state index in [0.29, 0.717) is 5.15 Å². The molecule has 0 fully saturated rings. The Morgan fingerprint density at radius 1 is 1.11 bits per heavy atom. The van der Waals surface area contributed by atoms with E-state index in [4.69, 9.17) is 11.6 Å². The molecule has 0 N–H and O–H groups in total. The average Bonchev–Trinajstić information content (AvgIpc) is 2.36. The standard InChI is InChI=1S/C15H17ClN2S/c1-15(2,3)14-17-12(16)9-13(18-14)19-10-11-7-5-4-6-8-11/h4-9H,10H2,1-3H3. The molecule has 0 spiro atoms. The molecule has 19 heavy (non-hydrogen) atoms. The van der Waals surface area contributed by atoms with Crippen molar-refractivity contribution in [2.24, 2.45) is 0 Å². The molecule has 0 saturated heterocycles. The molecule has 100 valence electrons. The summed E-state index contributed by atoms with van der Waals surface area (Å²) in [4.78, 5) is 8.89. The number of thioether (sulfide) groups is 1. The van der Waals surface area contributed by atoms with E-state index in [1.165, 1.54) is 5.56 Å². The van der Waals surface area contributed by atoms with Gasteiger partial charge in [0.05, 0.1) is 0 Å². The minimum absolute atomic E-state index is 0.0903. The first-order valence-electron chi connectivity index (χ1n) is 6.17. The highest BCUT2D eigenvalue weighted by molar-refractivity contribution is 7.98. The highest BCUT2D eigenvalue weighted by Crippen LogP contribution is 2.26. The molecule has 0 bridgehead atoms. The summed E-state index contributed by atoms with van der Waals surface area (Å²) in [7, 11) is 0. The zero-order valence-corrected chi connectivity index (χ0v) is 12.9. The van der Waals surface area contributed by atoms with E-state index in [1.807, 2.05) is 24.3 Å². The summed E-state index contributed by atoms with van der Waals surface area (Å²) in [5.74, 6) is 1.67. The summed E-state index contributed by atoms with van der Waals surface area (Å²) in [6, 6.07) is 12.2. The number of hydrogen-bond donors (Lipinski definition) is 0. The van der Waals surface area contributed by atoms with Crippen LogP contribution in [0.1, 0.15) is 32.2 Å². The Labute approximate surface area is 123 Å². The summed E-state index contributed by atoms with van der Waals surface area (Å²) in [6.07, 6.45) is 0. The van der Waals surface area contributed by atoms with Gasteiger partial charge in [0.2, 0.25) is 0 Å². The average molecular weight is 293 g/mol. The lowest BCUT2D eigenvalue weighted by molar-refractivity contribution is 0.538. The summed E-state index contributed by atoms with van der Waals surface area (Å²) < 4.78 is 0. The Bertz CT molecular complexity index is 550. The van der Waals surface area contributed by atoms with Crippen LogP contribution in [0.15, 0.2) is 41.4 Å². The van der Waals surface area contributed by atoms with Crippen LogP contribution in [0.3, 0.4) is 0 Å². The Balaban J connectivity index is 2.15. The Hall–Kier alpha value is -1.06. The maximum Gasteiger partial charge on any atom is 0.136 e. The van der Waals surface area contributed by atoms with Gasteiger partial charge in [-0.3, -0.25) is 0 Å². The Morgan fingerprint density at radius 2 is 1.79 bits per heavy atom. The fourth-order valence-electron chi connectivity index (χ4n) is 1.54. The van der Waals surface area contributed by atoms with Crippen molar-refractivity contribution in [3.05, 3.63) is 52.9 Å². The first-order valence-corrected chi connectivity index (χ1v) is 7.53. The predicted molar refractivity (Wildman–Crippen MR) is 81.7 cm³/mol. The summed E-state index contributed by atoms with van der Waals surface area (Å²) >= 11 is 7.76. The van der Waals surface area contributed by atoms with Gasteiger partial charge < -0.3 is 0 Å². The van der Waals surface area contributed by atoms with Gasteiger partial charge in [-0.1, -0.05) is 62.7 Å². The molecule has 0 atom stereocenters. The summed E-state index contributed by atoms with van der Waals surface area (Å²) in [5, 5.41) is 1.43. The van der Waals surface area contributed by atoms with E-state index in [-0.39, 0.29) is 5.41 Å². The van der Waals surface area contributed by atoms with Crippen molar-refractivity contribution in [1.82, 2.24) is 9.97 Å². The lowest BCUT2D eigenvalue weighted by atomic mass is 9.96. The van der Waals surface area contributed by atoms with E-state index in [0.717, 1.165) is 16.6 Å². The van der Waals surface area contributed by atoms with Crippen molar-refractivity contribution in [2.45, 2.75) is 37.0 Å². The minimum Gasteiger partial charge on any atom is -0.226 e. The largest absolute Gasteiger partial charge is 0.226 e. The Morgan fingerprint density at radius 3 is 2.42 bits per heavy atom. The molecule has 2 aromatic rings. The van der Waals surface area contributed by atoms with Crippen LogP contribution >= 0.6 is 23.4 Å². The second kappa shape index (κ2) is 5.93. The topological polar surface area (TPSA) is 25.8 Å². The van der Waals surface area contributed by atoms with Crippen LogP contribution in [0.4, 0.5) is 0 Å². The first kappa shape index (κ1) is 14.4. The quantitative estimate of drug-likeness (QED) is 0.605. The molecule has 0 aliphatic carbocycles. The molecule has 2 nitrogen and oxygen atoms in total.